The van der Waals surface area contributed by atoms with E-state index in [1.807, 2.05) is 4.90 Å². The summed E-state index contributed by atoms with van der Waals surface area (Å²) in [7, 11) is 0. The maximum Gasteiger partial charge on any atom is 0.289 e. The molecule has 7 heteroatoms. The van der Waals surface area contributed by atoms with Crippen molar-refractivity contribution in [3.8, 4) is 17.4 Å². The second-order valence-corrected chi connectivity index (χ2v) is 7.08. The Morgan fingerprint density at radius 3 is 2.10 bits per heavy atom. The molecule has 0 saturated carbocycles. The molecule has 1 aromatic heterocycles. The number of hydrogen-bond acceptors (Lipinski definition) is 4. The summed E-state index contributed by atoms with van der Waals surface area (Å²) in [5, 5.41) is 9.58. The van der Waals surface area contributed by atoms with Crippen LogP contribution in [-0.4, -0.2) is 41.9 Å². The van der Waals surface area contributed by atoms with Crippen molar-refractivity contribution >= 4 is 5.91 Å². The van der Waals surface area contributed by atoms with E-state index in [9.17, 15) is 18.8 Å². The van der Waals surface area contributed by atoms with E-state index < -0.39 is 6.04 Å². The Balaban J connectivity index is 1.40. The smallest absolute Gasteiger partial charge is 0.289 e. The lowest BCUT2D eigenvalue weighted by atomic mass is 10.1. The number of furan rings is 1. The molecule has 0 N–H and O–H groups in total. The van der Waals surface area contributed by atoms with E-state index in [1.54, 1.807) is 41.3 Å². The summed E-state index contributed by atoms with van der Waals surface area (Å²) in [5.41, 5.74) is 1.42. The van der Waals surface area contributed by atoms with Crippen LogP contribution in [0.2, 0.25) is 0 Å². The van der Waals surface area contributed by atoms with Crippen LogP contribution in [0.3, 0.4) is 0 Å². The molecular formula is C23H19F2N3O2. The van der Waals surface area contributed by atoms with E-state index in [4.69, 9.17) is 4.42 Å². The summed E-state index contributed by atoms with van der Waals surface area (Å²) < 4.78 is 31.9. The summed E-state index contributed by atoms with van der Waals surface area (Å²) >= 11 is 0. The first-order chi connectivity index (χ1) is 14.5. The standard InChI is InChI=1S/C23H19F2N3O2/c24-18-5-1-16(2-6-18)20(15-26)27-11-13-28(14-12-27)23(29)22-10-9-21(30-22)17-3-7-19(25)8-4-17/h1-10,20H,11-14H2/t20-/m1/s1. The van der Waals surface area contributed by atoms with E-state index in [-0.39, 0.29) is 23.3 Å². The SMILES string of the molecule is N#C[C@H](c1ccc(F)cc1)N1CCN(C(=O)c2ccc(-c3ccc(F)cc3)o2)CC1. The van der Waals surface area contributed by atoms with Crippen molar-refractivity contribution in [3.05, 3.63) is 83.6 Å². The summed E-state index contributed by atoms with van der Waals surface area (Å²) in [4.78, 5) is 16.5. The molecule has 0 radical (unpaired) electrons. The Hall–Kier alpha value is -3.50. The van der Waals surface area contributed by atoms with Crippen LogP contribution in [0, 0.1) is 23.0 Å². The van der Waals surface area contributed by atoms with E-state index in [2.05, 4.69) is 6.07 Å². The van der Waals surface area contributed by atoms with Crippen LogP contribution in [0.4, 0.5) is 8.78 Å². The highest BCUT2D eigenvalue weighted by molar-refractivity contribution is 5.92. The third-order valence-corrected chi connectivity index (χ3v) is 5.22. The van der Waals surface area contributed by atoms with Gasteiger partial charge in [-0.15, -0.1) is 0 Å². The van der Waals surface area contributed by atoms with Crippen molar-refractivity contribution in [1.82, 2.24) is 9.80 Å². The van der Waals surface area contributed by atoms with Gasteiger partial charge < -0.3 is 9.32 Å². The second-order valence-electron chi connectivity index (χ2n) is 7.08. The Kier molecular flexibility index (Phi) is 5.59. The summed E-state index contributed by atoms with van der Waals surface area (Å²) in [5.74, 6) is -0.186. The molecule has 1 fully saturated rings. The normalized spacial score (nSPS) is 15.6. The van der Waals surface area contributed by atoms with Crippen LogP contribution in [-0.2, 0) is 0 Å². The van der Waals surface area contributed by atoms with Gasteiger partial charge in [0.15, 0.2) is 5.76 Å². The molecule has 30 heavy (non-hydrogen) atoms. The molecule has 2 heterocycles. The molecule has 0 spiro atoms. The largest absolute Gasteiger partial charge is 0.451 e. The van der Waals surface area contributed by atoms with Crippen molar-refractivity contribution < 1.29 is 18.0 Å². The van der Waals surface area contributed by atoms with Gasteiger partial charge in [-0.05, 0) is 54.1 Å². The highest BCUT2D eigenvalue weighted by Crippen LogP contribution is 2.25. The minimum atomic E-state index is -0.489. The fourth-order valence-electron chi connectivity index (χ4n) is 3.57. The number of hydrogen-bond donors (Lipinski definition) is 0. The maximum absolute atomic E-state index is 13.2. The molecule has 5 nitrogen and oxygen atoms in total. The number of carbonyl (C=O) groups excluding carboxylic acids is 1. The lowest BCUT2D eigenvalue weighted by Crippen LogP contribution is -2.49. The molecule has 1 amide bonds. The quantitative estimate of drug-likeness (QED) is 0.649. The molecule has 0 unspecified atom stereocenters. The highest BCUT2D eigenvalue weighted by Gasteiger charge is 2.28. The summed E-state index contributed by atoms with van der Waals surface area (Å²) in [6, 6.07) is 16.9. The number of carbonyl (C=O) groups is 1. The number of piperazine rings is 1. The fourth-order valence-corrected chi connectivity index (χ4v) is 3.57. The molecule has 0 bridgehead atoms. The third-order valence-electron chi connectivity index (χ3n) is 5.22. The number of amides is 1. The molecule has 2 aromatic carbocycles. The Morgan fingerprint density at radius 1 is 0.900 bits per heavy atom. The Morgan fingerprint density at radius 2 is 1.50 bits per heavy atom. The van der Waals surface area contributed by atoms with Crippen molar-refractivity contribution in [2.45, 2.75) is 6.04 Å². The lowest BCUT2D eigenvalue weighted by Gasteiger charge is -2.36. The first-order valence-corrected chi connectivity index (χ1v) is 9.59. The number of halogens is 2. The van der Waals surface area contributed by atoms with Crippen LogP contribution in [0.5, 0.6) is 0 Å². The van der Waals surface area contributed by atoms with E-state index >= 15 is 0 Å². The highest BCUT2D eigenvalue weighted by atomic mass is 19.1. The zero-order valence-electron chi connectivity index (χ0n) is 16.1. The van der Waals surface area contributed by atoms with Gasteiger partial charge >= 0.3 is 0 Å². The average molecular weight is 407 g/mol. The molecule has 1 atom stereocenters. The van der Waals surface area contributed by atoms with Crippen LogP contribution in [0.25, 0.3) is 11.3 Å². The monoisotopic (exact) mass is 407 g/mol. The first kappa shape index (κ1) is 19.8. The average Bonchev–Trinajstić information content (AvgIpc) is 3.26. The van der Waals surface area contributed by atoms with Gasteiger partial charge in [0.05, 0.1) is 6.07 Å². The zero-order valence-corrected chi connectivity index (χ0v) is 16.1. The maximum atomic E-state index is 13.2. The van der Waals surface area contributed by atoms with Gasteiger partial charge in [-0.25, -0.2) is 8.78 Å². The van der Waals surface area contributed by atoms with Gasteiger partial charge in [-0.2, -0.15) is 5.26 Å². The van der Waals surface area contributed by atoms with E-state index in [0.717, 1.165) is 5.56 Å². The molecular weight excluding hydrogens is 388 g/mol. The molecule has 4 rings (SSSR count). The van der Waals surface area contributed by atoms with Crippen molar-refractivity contribution in [1.29, 1.82) is 5.26 Å². The number of nitriles is 1. The summed E-state index contributed by atoms with van der Waals surface area (Å²) in [6.07, 6.45) is 0. The molecule has 1 aliphatic rings. The van der Waals surface area contributed by atoms with Crippen LogP contribution in [0.15, 0.2) is 65.1 Å². The van der Waals surface area contributed by atoms with Gasteiger partial charge in [-0.3, -0.25) is 9.69 Å². The molecule has 0 aliphatic carbocycles. The molecule has 3 aromatic rings. The second kappa shape index (κ2) is 8.47. The van der Waals surface area contributed by atoms with Crippen molar-refractivity contribution in [2.75, 3.05) is 26.2 Å². The minimum Gasteiger partial charge on any atom is -0.451 e. The van der Waals surface area contributed by atoms with E-state index in [0.29, 0.717) is 37.5 Å². The van der Waals surface area contributed by atoms with Crippen molar-refractivity contribution in [2.24, 2.45) is 0 Å². The topological polar surface area (TPSA) is 60.5 Å². The molecule has 1 saturated heterocycles. The van der Waals surface area contributed by atoms with Crippen LogP contribution >= 0.6 is 0 Å². The number of benzene rings is 2. The van der Waals surface area contributed by atoms with Gasteiger partial charge in [0.25, 0.3) is 5.91 Å². The molecule has 152 valence electrons. The minimum absolute atomic E-state index is 0.221. The Labute approximate surface area is 172 Å². The van der Waals surface area contributed by atoms with E-state index in [1.165, 1.54) is 24.3 Å². The van der Waals surface area contributed by atoms with Crippen LogP contribution < -0.4 is 0 Å². The van der Waals surface area contributed by atoms with Gasteiger partial charge in [0.2, 0.25) is 0 Å². The lowest BCUT2D eigenvalue weighted by molar-refractivity contribution is 0.0577. The van der Waals surface area contributed by atoms with Crippen LogP contribution in [0.1, 0.15) is 22.2 Å². The van der Waals surface area contributed by atoms with Gasteiger partial charge in [0.1, 0.15) is 23.4 Å². The predicted molar refractivity (Wildman–Crippen MR) is 106 cm³/mol. The predicted octanol–water partition coefficient (Wildman–Crippen LogP) is 4.25. The Bertz CT molecular complexity index is 1060. The van der Waals surface area contributed by atoms with Gasteiger partial charge in [0, 0.05) is 31.7 Å². The number of nitrogens with zero attached hydrogens (tertiary/aromatic N) is 3. The fraction of sp³-hybridized carbons (Fsp3) is 0.217. The summed E-state index contributed by atoms with van der Waals surface area (Å²) in [6.45, 7) is 1.94. The first-order valence-electron chi connectivity index (χ1n) is 9.59. The third kappa shape index (κ3) is 4.09. The number of rotatable bonds is 4. The molecule has 1 aliphatic heterocycles. The van der Waals surface area contributed by atoms with Crippen molar-refractivity contribution in [3.63, 3.8) is 0 Å². The zero-order chi connectivity index (χ0) is 21.1. The van der Waals surface area contributed by atoms with Gasteiger partial charge in [-0.1, -0.05) is 12.1 Å².